The summed E-state index contributed by atoms with van der Waals surface area (Å²) in [4.78, 5) is 12.0. The number of anilines is 2. The van der Waals surface area contributed by atoms with Crippen LogP contribution in [0.1, 0.15) is 11.1 Å². The first kappa shape index (κ1) is 18.4. The number of halogens is 2. The van der Waals surface area contributed by atoms with Crippen LogP contribution in [-0.2, 0) is 17.6 Å². The van der Waals surface area contributed by atoms with Crippen molar-refractivity contribution in [2.45, 2.75) is 12.8 Å². The quantitative estimate of drug-likeness (QED) is 0.669. The standard InChI is InChI=1S/C20H18F2N4O/c21-16-7-5-14(6-8-16)11-12-23-18-9-10-19(26-25-18)24-20(27)13-15-3-1-2-4-17(15)22/h1-10H,11-13H2,(H,23,25)(H,24,26,27). The number of hydrogen-bond donors (Lipinski definition) is 2. The topological polar surface area (TPSA) is 66.9 Å². The van der Waals surface area contributed by atoms with Crippen molar-refractivity contribution in [3.63, 3.8) is 0 Å². The maximum Gasteiger partial charge on any atom is 0.230 e. The first-order valence-corrected chi connectivity index (χ1v) is 8.45. The van der Waals surface area contributed by atoms with Crippen LogP contribution in [0.3, 0.4) is 0 Å². The number of benzene rings is 2. The van der Waals surface area contributed by atoms with Crippen LogP contribution in [-0.4, -0.2) is 22.6 Å². The van der Waals surface area contributed by atoms with Gasteiger partial charge in [0.2, 0.25) is 5.91 Å². The normalized spacial score (nSPS) is 10.4. The summed E-state index contributed by atoms with van der Waals surface area (Å²) in [6.45, 7) is 0.610. The summed E-state index contributed by atoms with van der Waals surface area (Å²) in [6, 6.07) is 15.8. The zero-order chi connectivity index (χ0) is 19.1. The summed E-state index contributed by atoms with van der Waals surface area (Å²) in [5.41, 5.74) is 1.33. The number of carbonyl (C=O) groups excluding carboxylic acids is 1. The van der Waals surface area contributed by atoms with Gasteiger partial charge in [-0.2, -0.15) is 0 Å². The Kier molecular flexibility index (Phi) is 6.04. The van der Waals surface area contributed by atoms with Crippen LogP contribution in [0.15, 0.2) is 60.7 Å². The van der Waals surface area contributed by atoms with Crippen molar-refractivity contribution in [3.05, 3.63) is 83.4 Å². The van der Waals surface area contributed by atoms with Crippen molar-refractivity contribution in [3.8, 4) is 0 Å². The number of nitrogens with zero attached hydrogens (tertiary/aromatic N) is 2. The van der Waals surface area contributed by atoms with Crippen LogP contribution >= 0.6 is 0 Å². The molecule has 0 aliphatic heterocycles. The van der Waals surface area contributed by atoms with E-state index in [-0.39, 0.29) is 18.1 Å². The minimum absolute atomic E-state index is 0.0774. The van der Waals surface area contributed by atoms with E-state index in [1.54, 1.807) is 42.5 Å². The smallest absolute Gasteiger partial charge is 0.230 e. The lowest BCUT2D eigenvalue weighted by Gasteiger charge is -2.07. The predicted molar refractivity (Wildman–Crippen MR) is 99.4 cm³/mol. The fourth-order valence-corrected chi connectivity index (χ4v) is 2.48. The molecule has 2 N–H and O–H groups in total. The van der Waals surface area contributed by atoms with Gasteiger partial charge in [0, 0.05) is 6.54 Å². The number of carbonyl (C=O) groups is 1. The van der Waals surface area contributed by atoms with E-state index in [0.29, 0.717) is 30.2 Å². The van der Waals surface area contributed by atoms with Crippen molar-refractivity contribution < 1.29 is 13.6 Å². The zero-order valence-electron chi connectivity index (χ0n) is 14.5. The molecule has 5 nitrogen and oxygen atoms in total. The second kappa shape index (κ2) is 8.84. The Bertz CT molecular complexity index is 899. The molecule has 0 spiro atoms. The molecule has 1 amide bonds. The Labute approximate surface area is 155 Å². The monoisotopic (exact) mass is 368 g/mol. The fourth-order valence-electron chi connectivity index (χ4n) is 2.48. The lowest BCUT2D eigenvalue weighted by Crippen LogP contribution is -2.16. The van der Waals surface area contributed by atoms with Gasteiger partial charge < -0.3 is 10.6 Å². The van der Waals surface area contributed by atoms with Gasteiger partial charge in [0.15, 0.2) is 5.82 Å². The summed E-state index contributed by atoms with van der Waals surface area (Å²) in [5.74, 6) is -0.194. The van der Waals surface area contributed by atoms with Crippen LogP contribution < -0.4 is 10.6 Å². The molecule has 0 radical (unpaired) electrons. The fraction of sp³-hybridized carbons (Fsp3) is 0.150. The maximum atomic E-state index is 13.6. The van der Waals surface area contributed by atoms with Crippen molar-refractivity contribution in [1.29, 1.82) is 0 Å². The van der Waals surface area contributed by atoms with Crippen molar-refractivity contribution >= 4 is 17.5 Å². The van der Waals surface area contributed by atoms with Gasteiger partial charge in [-0.1, -0.05) is 30.3 Å². The van der Waals surface area contributed by atoms with Gasteiger partial charge in [0.05, 0.1) is 6.42 Å². The molecular formula is C20H18F2N4O. The third-order valence-electron chi connectivity index (χ3n) is 3.87. The molecule has 27 heavy (non-hydrogen) atoms. The van der Waals surface area contributed by atoms with E-state index >= 15 is 0 Å². The molecule has 0 saturated carbocycles. The summed E-state index contributed by atoms with van der Waals surface area (Å²) in [7, 11) is 0. The minimum atomic E-state index is -0.417. The predicted octanol–water partition coefficient (Wildman–Crippen LogP) is 3.59. The van der Waals surface area contributed by atoms with Gasteiger partial charge >= 0.3 is 0 Å². The molecule has 0 unspecified atom stereocenters. The number of amides is 1. The third-order valence-corrected chi connectivity index (χ3v) is 3.87. The van der Waals surface area contributed by atoms with E-state index in [2.05, 4.69) is 20.8 Å². The Morgan fingerprint density at radius 3 is 2.30 bits per heavy atom. The highest BCUT2D eigenvalue weighted by molar-refractivity contribution is 5.91. The summed E-state index contributed by atoms with van der Waals surface area (Å²) in [5, 5.41) is 13.6. The van der Waals surface area contributed by atoms with Crippen LogP contribution in [0, 0.1) is 11.6 Å². The molecule has 2 aromatic carbocycles. The highest BCUT2D eigenvalue weighted by atomic mass is 19.1. The molecule has 3 aromatic rings. The molecular weight excluding hydrogens is 350 g/mol. The van der Waals surface area contributed by atoms with E-state index in [9.17, 15) is 13.6 Å². The second-order valence-electron chi connectivity index (χ2n) is 5.92. The van der Waals surface area contributed by atoms with Crippen molar-refractivity contribution in [2.75, 3.05) is 17.2 Å². The maximum absolute atomic E-state index is 13.6. The van der Waals surface area contributed by atoms with E-state index < -0.39 is 5.82 Å². The molecule has 0 aliphatic rings. The highest BCUT2D eigenvalue weighted by Crippen LogP contribution is 2.10. The second-order valence-corrected chi connectivity index (χ2v) is 5.92. The summed E-state index contributed by atoms with van der Waals surface area (Å²) < 4.78 is 26.4. The molecule has 0 bridgehead atoms. The average Bonchev–Trinajstić information content (AvgIpc) is 2.67. The van der Waals surface area contributed by atoms with Gasteiger partial charge in [-0.15, -0.1) is 10.2 Å². The zero-order valence-corrected chi connectivity index (χ0v) is 14.5. The Hall–Kier alpha value is -3.35. The highest BCUT2D eigenvalue weighted by Gasteiger charge is 2.09. The van der Waals surface area contributed by atoms with Crippen molar-refractivity contribution in [2.24, 2.45) is 0 Å². The SMILES string of the molecule is O=C(Cc1ccccc1F)Nc1ccc(NCCc2ccc(F)cc2)nn1. The Morgan fingerprint density at radius 2 is 1.59 bits per heavy atom. The van der Waals surface area contributed by atoms with Crippen molar-refractivity contribution in [1.82, 2.24) is 10.2 Å². The Morgan fingerprint density at radius 1 is 0.889 bits per heavy atom. The minimum Gasteiger partial charge on any atom is -0.368 e. The summed E-state index contributed by atoms with van der Waals surface area (Å²) >= 11 is 0. The molecule has 0 saturated heterocycles. The van der Waals surface area contributed by atoms with E-state index in [1.807, 2.05) is 0 Å². The van der Waals surface area contributed by atoms with Gasteiger partial charge in [0.1, 0.15) is 17.5 Å². The third kappa shape index (κ3) is 5.57. The van der Waals surface area contributed by atoms with Crippen LogP contribution in [0.5, 0.6) is 0 Å². The van der Waals surface area contributed by atoms with Crippen LogP contribution in [0.4, 0.5) is 20.4 Å². The molecule has 138 valence electrons. The molecule has 1 heterocycles. The number of aromatic nitrogens is 2. The van der Waals surface area contributed by atoms with Crippen LogP contribution in [0.2, 0.25) is 0 Å². The molecule has 7 heteroatoms. The molecule has 0 atom stereocenters. The molecule has 3 rings (SSSR count). The van der Waals surface area contributed by atoms with E-state index in [4.69, 9.17) is 0 Å². The number of hydrogen-bond acceptors (Lipinski definition) is 4. The molecule has 0 aliphatic carbocycles. The first-order valence-electron chi connectivity index (χ1n) is 8.45. The van der Waals surface area contributed by atoms with Gasteiger partial charge in [-0.25, -0.2) is 8.78 Å². The molecule has 0 fully saturated rings. The lowest BCUT2D eigenvalue weighted by molar-refractivity contribution is -0.115. The lowest BCUT2D eigenvalue weighted by atomic mass is 10.1. The van der Waals surface area contributed by atoms with Gasteiger partial charge in [-0.3, -0.25) is 4.79 Å². The first-order chi connectivity index (χ1) is 13.1. The molecule has 1 aromatic heterocycles. The summed E-state index contributed by atoms with van der Waals surface area (Å²) in [6.07, 6.45) is 0.634. The van der Waals surface area contributed by atoms with Gasteiger partial charge in [-0.05, 0) is 47.9 Å². The number of rotatable bonds is 7. The largest absolute Gasteiger partial charge is 0.368 e. The number of nitrogens with one attached hydrogen (secondary N) is 2. The van der Waals surface area contributed by atoms with E-state index in [1.165, 1.54) is 18.2 Å². The average molecular weight is 368 g/mol. The van der Waals surface area contributed by atoms with Crippen LogP contribution in [0.25, 0.3) is 0 Å². The van der Waals surface area contributed by atoms with Gasteiger partial charge in [0.25, 0.3) is 0 Å². The van der Waals surface area contributed by atoms with E-state index in [0.717, 1.165) is 5.56 Å². The Balaban J connectivity index is 1.47.